The standard InChI is InChI=1S/C8H7Cl2/c1-6(9)7-4-2-3-5-8(7)10/h2-5H,1H3. The minimum Gasteiger partial charge on any atom is -0.112 e. The van der Waals surface area contributed by atoms with Crippen LogP contribution in [-0.4, -0.2) is 0 Å². The van der Waals surface area contributed by atoms with Crippen LogP contribution >= 0.6 is 23.2 Å². The van der Waals surface area contributed by atoms with Crippen LogP contribution in [-0.2, 0) is 0 Å². The van der Waals surface area contributed by atoms with Gasteiger partial charge in [0.2, 0.25) is 0 Å². The van der Waals surface area contributed by atoms with Crippen LogP contribution in [0.3, 0.4) is 0 Å². The van der Waals surface area contributed by atoms with E-state index in [1.54, 1.807) is 0 Å². The van der Waals surface area contributed by atoms with Gasteiger partial charge in [0, 0.05) is 5.02 Å². The second kappa shape index (κ2) is 3.27. The van der Waals surface area contributed by atoms with Crippen molar-refractivity contribution in [2.75, 3.05) is 0 Å². The van der Waals surface area contributed by atoms with E-state index in [1.807, 2.05) is 31.2 Å². The fourth-order valence-corrected chi connectivity index (χ4v) is 1.23. The van der Waals surface area contributed by atoms with Crippen LogP contribution in [0.4, 0.5) is 0 Å². The normalized spacial score (nSPS) is 10.4. The zero-order valence-electron chi connectivity index (χ0n) is 5.57. The Bertz CT molecular complexity index is 218. The lowest BCUT2D eigenvalue weighted by Gasteiger charge is -2.02. The van der Waals surface area contributed by atoms with Gasteiger partial charge in [0.15, 0.2) is 0 Å². The molecule has 0 saturated carbocycles. The lowest BCUT2D eigenvalue weighted by molar-refractivity contribution is 1.36. The van der Waals surface area contributed by atoms with E-state index >= 15 is 0 Å². The molecule has 1 aromatic rings. The first kappa shape index (κ1) is 7.90. The van der Waals surface area contributed by atoms with Crippen LogP contribution in [0.25, 0.3) is 0 Å². The quantitative estimate of drug-likeness (QED) is 0.611. The Balaban J connectivity index is 3.03. The molecule has 0 aliphatic rings. The molecule has 0 unspecified atom stereocenters. The highest BCUT2D eigenvalue weighted by Gasteiger charge is 2.04. The van der Waals surface area contributed by atoms with Crippen LogP contribution in [0, 0.1) is 5.38 Å². The molecule has 0 spiro atoms. The molecule has 0 atom stereocenters. The van der Waals surface area contributed by atoms with Crippen molar-refractivity contribution in [3.8, 4) is 0 Å². The summed E-state index contributed by atoms with van der Waals surface area (Å²) in [6.07, 6.45) is 0. The highest BCUT2D eigenvalue weighted by molar-refractivity contribution is 6.35. The molecule has 1 radical (unpaired) electrons. The van der Waals surface area contributed by atoms with Crippen molar-refractivity contribution in [2.45, 2.75) is 6.92 Å². The van der Waals surface area contributed by atoms with E-state index in [0.717, 1.165) is 10.9 Å². The predicted molar refractivity (Wildman–Crippen MR) is 45.3 cm³/mol. The summed E-state index contributed by atoms with van der Waals surface area (Å²) < 4.78 is 0. The van der Waals surface area contributed by atoms with Crippen molar-refractivity contribution in [3.63, 3.8) is 0 Å². The monoisotopic (exact) mass is 173 g/mol. The molecular formula is C8H7Cl2. The summed E-state index contributed by atoms with van der Waals surface area (Å²) >= 11 is 11.6. The van der Waals surface area contributed by atoms with Crippen LogP contribution < -0.4 is 0 Å². The SMILES string of the molecule is C[C](Cl)c1ccccc1Cl. The number of rotatable bonds is 1. The predicted octanol–water partition coefficient (Wildman–Crippen LogP) is 3.48. The number of halogens is 2. The third-order valence-corrected chi connectivity index (χ3v) is 1.78. The van der Waals surface area contributed by atoms with Gasteiger partial charge in [-0.15, -0.1) is 11.6 Å². The maximum absolute atomic E-state index is 5.81. The summed E-state index contributed by atoms with van der Waals surface area (Å²) in [5.41, 5.74) is 0.908. The van der Waals surface area contributed by atoms with E-state index in [0.29, 0.717) is 5.02 Å². The zero-order valence-corrected chi connectivity index (χ0v) is 7.08. The molecule has 0 saturated heterocycles. The molecule has 0 aliphatic heterocycles. The highest BCUT2D eigenvalue weighted by atomic mass is 35.5. The molecule has 1 rings (SSSR count). The third-order valence-electron chi connectivity index (χ3n) is 1.24. The van der Waals surface area contributed by atoms with Gasteiger partial charge in [-0.1, -0.05) is 29.8 Å². The van der Waals surface area contributed by atoms with Gasteiger partial charge < -0.3 is 0 Å². The average molecular weight is 174 g/mol. The summed E-state index contributed by atoms with van der Waals surface area (Å²) in [5.74, 6) is 0. The van der Waals surface area contributed by atoms with Gasteiger partial charge in [0.25, 0.3) is 0 Å². The molecule has 53 valence electrons. The summed E-state index contributed by atoms with van der Waals surface area (Å²) in [6, 6.07) is 7.51. The largest absolute Gasteiger partial charge is 0.112 e. The van der Waals surface area contributed by atoms with Crippen molar-refractivity contribution in [3.05, 3.63) is 40.2 Å². The van der Waals surface area contributed by atoms with Gasteiger partial charge in [-0.25, -0.2) is 0 Å². The Hall–Kier alpha value is -0.200. The van der Waals surface area contributed by atoms with Crippen LogP contribution in [0.2, 0.25) is 5.02 Å². The molecule has 0 aliphatic carbocycles. The third kappa shape index (κ3) is 1.65. The minimum absolute atomic E-state index is 0.704. The Morgan fingerprint density at radius 2 is 1.90 bits per heavy atom. The molecule has 1 aromatic carbocycles. The number of hydrogen-bond donors (Lipinski definition) is 0. The second-order valence-electron chi connectivity index (χ2n) is 2.01. The van der Waals surface area contributed by atoms with Crippen molar-refractivity contribution in [1.82, 2.24) is 0 Å². The van der Waals surface area contributed by atoms with Crippen molar-refractivity contribution < 1.29 is 0 Å². The number of benzene rings is 1. The van der Waals surface area contributed by atoms with Gasteiger partial charge in [0.1, 0.15) is 0 Å². The van der Waals surface area contributed by atoms with Crippen molar-refractivity contribution >= 4 is 23.2 Å². The maximum Gasteiger partial charge on any atom is 0.0911 e. The van der Waals surface area contributed by atoms with E-state index in [1.165, 1.54) is 0 Å². The topological polar surface area (TPSA) is 0 Å². The summed E-state index contributed by atoms with van der Waals surface area (Å²) in [5, 5.41) is 1.43. The van der Waals surface area contributed by atoms with Crippen LogP contribution in [0.1, 0.15) is 12.5 Å². The highest BCUT2D eigenvalue weighted by Crippen LogP contribution is 2.25. The molecule has 0 heterocycles. The fraction of sp³-hybridized carbons (Fsp3) is 0.125. The van der Waals surface area contributed by atoms with Gasteiger partial charge >= 0.3 is 0 Å². The lowest BCUT2D eigenvalue weighted by atomic mass is 10.2. The van der Waals surface area contributed by atoms with E-state index in [2.05, 4.69) is 0 Å². The minimum atomic E-state index is 0.704. The Kier molecular flexibility index (Phi) is 2.58. The second-order valence-corrected chi connectivity index (χ2v) is 2.99. The zero-order chi connectivity index (χ0) is 7.56. The molecule has 0 aromatic heterocycles. The summed E-state index contributed by atoms with van der Waals surface area (Å²) in [6.45, 7) is 1.82. The van der Waals surface area contributed by atoms with Gasteiger partial charge in [-0.2, -0.15) is 0 Å². The first-order chi connectivity index (χ1) is 4.72. The Morgan fingerprint density at radius 1 is 1.30 bits per heavy atom. The maximum atomic E-state index is 5.81. The fourth-order valence-electron chi connectivity index (χ4n) is 0.741. The van der Waals surface area contributed by atoms with Crippen LogP contribution in [0.15, 0.2) is 24.3 Å². The smallest absolute Gasteiger partial charge is 0.0911 e. The Morgan fingerprint density at radius 3 is 2.30 bits per heavy atom. The van der Waals surface area contributed by atoms with Gasteiger partial charge in [0.05, 0.1) is 5.38 Å². The molecule has 0 amide bonds. The lowest BCUT2D eigenvalue weighted by Crippen LogP contribution is -1.84. The van der Waals surface area contributed by atoms with Crippen LogP contribution in [0.5, 0.6) is 0 Å². The molecule has 0 N–H and O–H groups in total. The van der Waals surface area contributed by atoms with E-state index < -0.39 is 0 Å². The van der Waals surface area contributed by atoms with Gasteiger partial charge in [-0.3, -0.25) is 0 Å². The molecule has 2 heteroatoms. The summed E-state index contributed by atoms with van der Waals surface area (Å²) in [7, 11) is 0. The molecule has 0 nitrogen and oxygen atoms in total. The summed E-state index contributed by atoms with van der Waals surface area (Å²) in [4.78, 5) is 0. The molecular weight excluding hydrogens is 167 g/mol. The number of hydrogen-bond acceptors (Lipinski definition) is 0. The van der Waals surface area contributed by atoms with E-state index in [-0.39, 0.29) is 0 Å². The molecule has 0 bridgehead atoms. The Labute approximate surface area is 70.8 Å². The van der Waals surface area contributed by atoms with E-state index in [9.17, 15) is 0 Å². The molecule has 10 heavy (non-hydrogen) atoms. The van der Waals surface area contributed by atoms with Crippen molar-refractivity contribution in [1.29, 1.82) is 0 Å². The average Bonchev–Trinajstić information content (AvgIpc) is 1.88. The van der Waals surface area contributed by atoms with Gasteiger partial charge in [-0.05, 0) is 18.6 Å². The van der Waals surface area contributed by atoms with E-state index in [4.69, 9.17) is 23.2 Å². The first-order valence-electron chi connectivity index (χ1n) is 2.96. The van der Waals surface area contributed by atoms with Crippen molar-refractivity contribution in [2.24, 2.45) is 0 Å². The first-order valence-corrected chi connectivity index (χ1v) is 3.71. The molecule has 0 fully saturated rings.